The molecule has 0 bridgehead atoms. The van der Waals surface area contributed by atoms with Crippen LogP contribution in [0.1, 0.15) is 11.1 Å². The Labute approximate surface area is 110 Å². The number of hydrogen-bond donors (Lipinski definition) is 1. The highest BCUT2D eigenvalue weighted by Gasteiger charge is 2.03. The van der Waals surface area contributed by atoms with Crippen LogP contribution >= 0.6 is 15.9 Å². The molecular formula is C14H14BrNO. The number of nitrogen functional groups attached to an aromatic ring is 1. The summed E-state index contributed by atoms with van der Waals surface area (Å²) in [5, 5.41) is 0. The van der Waals surface area contributed by atoms with Crippen molar-refractivity contribution in [3.63, 3.8) is 0 Å². The summed E-state index contributed by atoms with van der Waals surface area (Å²) in [6.07, 6.45) is 0. The van der Waals surface area contributed by atoms with Crippen molar-refractivity contribution in [3.8, 4) is 5.75 Å². The van der Waals surface area contributed by atoms with Gasteiger partial charge >= 0.3 is 0 Å². The Kier molecular flexibility index (Phi) is 3.69. The fraction of sp³-hybridized carbons (Fsp3) is 0.143. The van der Waals surface area contributed by atoms with E-state index >= 15 is 0 Å². The van der Waals surface area contributed by atoms with Gasteiger partial charge in [0.15, 0.2) is 0 Å². The van der Waals surface area contributed by atoms with Crippen LogP contribution in [0.25, 0.3) is 0 Å². The second kappa shape index (κ2) is 5.23. The summed E-state index contributed by atoms with van der Waals surface area (Å²) in [5.74, 6) is 0.866. The van der Waals surface area contributed by atoms with Crippen molar-refractivity contribution in [2.45, 2.75) is 13.5 Å². The van der Waals surface area contributed by atoms with E-state index in [9.17, 15) is 0 Å². The molecule has 0 saturated heterocycles. The molecule has 2 aromatic carbocycles. The fourth-order valence-electron chi connectivity index (χ4n) is 1.51. The van der Waals surface area contributed by atoms with E-state index < -0.39 is 0 Å². The first-order valence-electron chi connectivity index (χ1n) is 5.39. The molecule has 17 heavy (non-hydrogen) atoms. The molecule has 0 unspecified atom stereocenters. The Bertz CT molecular complexity index is 508. The Balaban J connectivity index is 2.07. The van der Waals surface area contributed by atoms with Crippen LogP contribution in [0, 0.1) is 6.92 Å². The third-order valence-corrected chi connectivity index (χ3v) is 3.49. The van der Waals surface area contributed by atoms with Crippen LogP contribution in [0.3, 0.4) is 0 Å². The zero-order valence-electron chi connectivity index (χ0n) is 9.61. The van der Waals surface area contributed by atoms with E-state index in [1.54, 1.807) is 0 Å². The molecule has 0 aliphatic heterocycles. The Morgan fingerprint density at radius 3 is 2.53 bits per heavy atom. The van der Waals surface area contributed by atoms with Gasteiger partial charge in [-0.25, -0.2) is 0 Å². The van der Waals surface area contributed by atoms with Crippen molar-refractivity contribution < 1.29 is 4.74 Å². The molecule has 2 aromatic rings. The molecule has 0 saturated carbocycles. The smallest absolute Gasteiger partial charge is 0.119 e. The minimum absolute atomic E-state index is 0.509. The monoisotopic (exact) mass is 291 g/mol. The fourth-order valence-corrected chi connectivity index (χ4v) is 1.89. The molecule has 0 aliphatic rings. The molecule has 0 amide bonds. The molecule has 0 atom stereocenters. The molecule has 2 N–H and O–H groups in total. The van der Waals surface area contributed by atoms with Gasteiger partial charge in [0.05, 0.1) is 0 Å². The largest absolute Gasteiger partial charge is 0.489 e. The van der Waals surface area contributed by atoms with Gasteiger partial charge < -0.3 is 10.5 Å². The summed E-state index contributed by atoms with van der Waals surface area (Å²) in [6.45, 7) is 2.56. The van der Waals surface area contributed by atoms with Crippen molar-refractivity contribution in [1.82, 2.24) is 0 Å². The number of benzene rings is 2. The highest BCUT2D eigenvalue weighted by molar-refractivity contribution is 9.10. The molecule has 2 nitrogen and oxygen atoms in total. The van der Waals surface area contributed by atoms with Gasteiger partial charge in [-0.1, -0.05) is 29.8 Å². The molecule has 0 radical (unpaired) electrons. The maximum absolute atomic E-state index is 5.81. The average Bonchev–Trinajstić information content (AvgIpc) is 2.33. The third kappa shape index (κ3) is 3.01. The first-order valence-corrected chi connectivity index (χ1v) is 6.18. The quantitative estimate of drug-likeness (QED) is 0.870. The van der Waals surface area contributed by atoms with E-state index in [2.05, 4.69) is 22.9 Å². The predicted molar refractivity (Wildman–Crippen MR) is 74.1 cm³/mol. The topological polar surface area (TPSA) is 35.2 Å². The first-order chi connectivity index (χ1) is 8.16. The molecule has 0 aliphatic carbocycles. The second-order valence-corrected chi connectivity index (χ2v) is 4.72. The van der Waals surface area contributed by atoms with Crippen molar-refractivity contribution in [1.29, 1.82) is 0 Å². The van der Waals surface area contributed by atoms with E-state index in [4.69, 9.17) is 10.5 Å². The third-order valence-electron chi connectivity index (χ3n) is 2.52. The van der Waals surface area contributed by atoms with Crippen LogP contribution in [0.4, 0.5) is 5.69 Å². The molecule has 0 aromatic heterocycles. The molecule has 2 rings (SSSR count). The highest BCUT2D eigenvalue weighted by atomic mass is 79.9. The highest BCUT2D eigenvalue weighted by Crippen LogP contribution is 2.25. The van der Waals surface area contributed by atoms with Gasteiger partial charge in [0.1, 0.15) is 12.4 Å². The number of ether oxygens (including phenoxy) is 1. The zero-order chi connectivity index (χ0) is 12.3. The molecular weight excluding hydrogens is 278 g/mol. The summed E-state index contributed by atoms with van der Waals surface area (Å²) >= 11 is 3.46. The lowest BCUT2D eigenvalue weighted by molar-refractivity contribution is 0.305. The van der Waals surface area contributed by atoms with Crippen LogP contribution in [-0.2, 0) is 6.61 Å². The molecule has 88 valence electrons. The summed E-state index contributed by atoms with van der Waals surface area (Å²) in [7, 11) is 0. The molecule has 3 heteroatoms. The molecule has 0 fully saturated rings. The minimum Gasteiger partial charge on any atom is -0.489 e. The lowest BCUT2D eigenvalue weighted by Crippen LogP contribution is -1.98. The number of nitrogens with two attached hydrogens (primary N) is 1. The van der Waals surface area contributed by atoms with E-state index in [0.717, 1.165) is 21.5 Å². The molecule has 0 spiro atoms. The number of hydrogen-bond acceptors (Lipinski definition) is 2. The van der Waals surface area contributed by atoms with Gasteiger partial charge in [0.25, 0.3) is 0 Å². The number of aryl methyl sites for hydroxylation is 1. The normalized spacial score (nSPS) is 10.2. The lowest BCUT2D eigenvalue weighted by Gasteiger charge is -2.09. The van der Waals surface area contributed by atoms with Crippen LogP contribution in [-0.4, -0.2) is 0 Å². The second-order valence-electron chi connectivity index (χ2n) is 3.92. The van der Waals surface area contributed by atoms with Gasteiger partial charge in [-0.15, -0.1) is 0 Å². The van der Waals surface area contributed by atoms with Crippen molar-refractivity contribution >= 4 is 21.6 Å². The van der Waals surface area contributed by atoms with Crippen molar-refractivity contribution in [2.24, 2.45) is 0 Å². The number of halogens is 1. The SMILES string of the molecule is Cc1ccc(OCc2cccc(N)c2Br)cc1. The van der Waals surface area contributed by atoms with E-state index in [0.29, 0.717) is 6.61 Å². The average molecular weight is 292 g/mol. The van der Waals surface area contributed by atoms with E-state index in [-0.39, 0.29) is 0 Å². The van der Waals surface area contributed by atoms with Crippen molar-refractivity contribution in [3.05, 3.63) is 58.1 Å². The summed E-state index contributed by atoms with van der Waals surface area (Å²) in [5.41, 5.74) is 8.81. The Morgan fingerprint density at radius 1 is 1.12 bits per heavy atom. The number of rotatable bonds is 3. The lowest BCUT2D eigenvalue weighted by atomic mass is 10.2. The van der Waals surface area contributed by atoms with Crippen LogP contribution in [0.15, 0.2) is 46.9 Å². The van der Waals surface area contributed by atoms with Crippen LogP contribution < -0.4 is 10.5 Å². The van der Waals surface area contributed by atoms with Crippen LogP contribution in [0.5, 0.6) is 5.75 Å². The van der Waals surface area contributed by atoms with Gasteiger partial charge in [0.2, 0.25) is 0 Å². The Morgan fingerprint density at radius 2 is 1.82 bits per heavy atom. The van der Waals surface area contributed by atoms with Gasteiger partial charge in [-0.3, -0.25) is 0 Å². The maximum Gasteiger partial charge on any atom is 0.119 e. The maximum atomic E-state index is 5.81. The van der Waals surface area contributed by atoms with E-state index in [1.165, 1.54) is 5.56 Å². The van der Waals surface area contributed by atoms with Crippen molar-refractivity contribution in [2.75, 3.05) is 5.73 Å². The summed E-state index contributed by atoms with van der Waals surface area (Å²) < 4.78 is 6.61. The van der Waals surface area contributed by atoms with Gasteiger partial charge in [-0.2, -0.15) is 0 Å². The molecule has 0 heterocycles. The zero-order valence-corrected chi connectivity index (χ0v) is 11.2. The standard InChI is InChI=1S/C14H14BrNO/c1-10-5-7-12(8-6-10)17-9-11-3-2-4-13(16)14(11)15/h2-8H,9,16H2,1H3. The summed E-state index contributed by atoms with van der Waals surface area (Å²) in [6, 6.07) is 13.8. The van der Waals surface area contributed by atoms with Crippen LogP contribution in [0.2, 0.25) is 0 Å². The van der Waals surface area contributed by atoms with Gasteiger partial charge in [-0.05, 0) is 41.1 Å². The Hall–Kier alpha value is -1.48. The number of anilines is 1. The minimum atomic E-state index is 0.509. The predicted octanol–water partition coefficient (Wildman–Crippen LogP) is 3.92. The van der Waals surface area contributed by atoms with Gasteiger partial charge in [0, 0.05) is 15.7 Å². The first kappa shape index (κ1) is 12.0. The summed E-state index contributed by atoms with van der Waals surface area (Å²) in [4.78, 5) is 0. The van der Waals surface area contributed by atoms with E-state index in [1.807, 2.05) is 42.5 Å².